The summed E-state index contributed by atoms with van der Waals surface area (Å²) in [4.78, 5) is 21.0. The van der Waals surface area contributed by atoms with Gasteiger partial charge in [0.05, 0.1) is 30.1 Å². The van der Waals surface area contributed by atoms with E-state index in [9.17, 15) is 4.79 Å². The summed E-state index contributed by atoms with van der Waals surface area (Å²) < 4.78 is 12.7. The van der Waals surface area contributed by atoms with Crippen LogP contribution in [0.3, 0.4) is 0 Å². The van der Waals surface area contributed by atoms with Crippen LogP contribution in [0.2, 0.25) is 5.02 Å². The molecule has 0 saturated carbocycles. The first-order valence-electron chi connectivity index (χ1n) is 11.0. The molecule has 9 heteroatoms. The first-order valence-corrected chi connectivity index (χ1v) is 11.4. The van der Waals surface area contributed by atoms with Crippen LogP contribution in [0, 0.1) is 0 Å². The fourth-order valence-corrected chi connectivity index (χ4v) is 4.24. The number of fused-ring (bicyclic) bond motifs is 1. The van der Waals surface area contributed by atoms with Crippen LogP contribution in [0.5, 0.6) is 5.75 Å². The Bertz CT molecular complexity index is 1140. The SMILES string of the molecule is COc1ccc(Cn2nc(N3CC[C@@H](N(C)C(=O)OC(C)(C)C)C3)c3c(Cl)ccnc32)cc1. The average molecular weight is 472 g/mol. The van der Waals surface area contributed by atoms with Crippen molar-refractivity contribution in [3.05, 3.63) is 47.1 Å². The molecule has 0 aliphatic carbocycles. The molecule has 3 heterocycles. The third-order valence-corrected chi connectivity index (χ3v) is 6.06. The van der Waals surface area contributed by atoms with Crippen molar-refractivity contribution in [1.29, 1.82) is 0 Å². The molecule has 4 rings (SSSR count). The Kier molecular flexibility index (Phi) is 6.38. The van der Waals surface area contributed by atoms with Crippen LogP contribution in [0.4, 0.5) is 10.6 Å². The molecule has 1 amide bonds. The Morgan fingerprint density at radius 3 is 2.64 bits per heavy atom. The Morgan fingerprint density at radius 1 is 1.24 bits per heavy atom. The summed E-state index contributed by atoms with van der Waals surface area (Å²) in [6, 6.07) is 9.70. The second kappa shape index (κ2) is 9.09. The fourth-order valence-electron chi connectivity index (χ4n) is 4.01. The molecule has 2 aromatic heterocycles. The highest BCUT2D eigenvalue weighted by atomic mass is 35.5. The predicted molar refractivity (Wildman–Crippen MR) is 129 cm³/mol. The minimum Gasteiger partial charge on any atom is -0.497 e. The fraction of sp³-hybridized carbons (Fsp3) is 0.458. The number of rotatable bonds is 5. The Balaban J connectivity index is 1.58. The monoisotopic (exact) mass is 471 g/mol. The van der Waals surface area contributed by atoms with E-state index in [0.29, 0.717) is 18.1 Å². The smallest absolute Gasteiger partial charge is 0.410 e. The van der Waals surface area contributed by atoms with Gasteiger partial charge < -0.3 is 19.3 Å². The van der Waals surface area contributed by atoms with Gasteiger partial charge in [-0.2, -0.15) is 5.10 Å². The van der Waals surface area contributed by atoms with E-state index in [2.05, 4.69) is 9.88 Å². The summed E-state index contributed by atoms with van der Waals surface area (Å²) in [7, 11) is 3.44. The number of likely N-dealkylation sites (N-methyl/N-ethyl adjacent to an activating group) is 1. The van der Waals surface area contributed by atoms with Crippen LogP contribution in [0.1, 0.15) is 32.8 Å². The van der Waals surface area contributed by atoms with Crippen molar-refractivity contribution in [2.24, 2.45) is 0 Å². The summed E-state index contributed by atoms with van der Waals surface area (Å²) in [6.07, 6.45) is 2.20. The molecule has 1 aliphatic rings. The van der Waals surface area contributed by atoms with Crippen molar-refractivity contribution in [2.45, 2.75) is 45.4 Å². The maximum absolute atomic E-state index is 12.5. The summed E-state index contributed by atoms with van der Waals surface area (Å²) in [5.74, 6) is 1.60. The molecule has 1 saturated heterocycles. The minimum absolute atomic E-state index is 0.0251. The average Bonchev–Trinajstić information content (AvgIpc) is 3.39. The number of carbonyl (C=O) groups excluding carboxylic acids is 1. The normalized spacial score (nSPS) is 16.3. The number of anilines is 1. The van der Waals surface area contributed by atoms with E-state index in [1.165, 1.54) is 0 Å². The van der Waals surface area contributed by atoms with Gasteiger partial charge in [0, 0.05) is 26.3 Å². The van der Waals surface area contributed by atoms with Gasteiger partial charge in [0.25, 0.3) is 0 Å². The second-order valence-corrected chi connectivity index (χ2v) is 9.71. The maximum Gasteiger partial charge on any atom is 0.410 e. The molecule has 0 radical (unpaired) electrons. The quantitative estimate of drug-likeness (QED) is 0.542. The van der Waals surface area contributed by atoms with E-state index in [1.807, 2.05) is 49.7 Å². The molecule has 1 atom stereocenters. The molecule has 33 heavy (non-hydrogen) atoms. The zero-order chi connectivity index (χ0) is 23.8. The highest BCUT2D eigenvalue weighted by Gasteiger charge is 2.33. The van der Waals surface area contributed by atoms with Crippen LogP contribution >= 0.6 is 11.6 Å². The standard InChI is InChI=1S/C24H30ClN5O3/c1-24(2,3)33-23(31)28(4)17-11-13-29(15-17)22-20-19(25)10-12-26-21(20)30(27-22)14-16-6-8-18(32-5)9-7-16/h6-10,12,17H,11,13-15H2,1-5H3/t17-/m1/s1. The number of nitrogens with zero attached hydrogens (tertiary/aromatic N) is 5. The van der Waals surface area contributed by atoms with Gasteiger partial charge in [-0.05, 0) is 51.0 Å². The van der Waals surface area contributed by atoms with Crippen LogP contribution in [0.25, 0.3) is 11.0 Å². The molecular weight excluding hydrogens is 442 g/mol. The Labute approximate surface area is 199 Å². The lowest BCUT2D eigenvalue weighted by Gasteiger charge is -2.28. The van der Waals surface area contributed by atoms with Gasteiger partial charge in [-0.25, -0.2) is 14.5 Å². The van der Waals surface area contributed by atoms with Crippen molar-refractivity contribution < 1.29 is 14.3 Å². The van der Waals surface area contributed by atoms with Crippen molar-refractivity contribution in [3.63, 3.8) is 0 Å². The predicted octanol–water partition coefficient (Wildman–Crippen LogP) is 4.59. The van der Waals surface area contributed by atoms with Gasteiger partial charge in [-0.15, -0.1) is 0 Å². The Hall–Kier alpha value is -3.00. The van der Waals surface area contributed by atoms with E-state index in [4.69, 9.17) is 26.2 Å². The lowest BCUT2D eigenvalue weighted by molar-refractivity contribution is 0.0238. The number of benzene rings is 1. The second-order valence-electron chi connectivity index (χ2n) is 9.30. The van der Waals surface area contributed by atoms with E-state index in [-0.39, 0.29) is 12.1 Å². The van der Waals surface area contributed by atoms with Gasteiger partial charge in [0.2, 0.25) is 0 Å². The number of hydrogen-bond acceptors (Lipinski definition) is 6. The molecule has 0 spiro atoms. The molecule has 0 unspecified atom stereocenters. The first kappa shape index (κ1) is 23.2. The number of methoxy groups -OCH3 is 1. The summed E-state index contributed by atoms with van der Waals surface area (Å²) >= 11 is 6.60. The molecule has 0 bridgehead atoms. The van der Waals surface area contributed by atoms with Crippen LogP contribution in [0.15, 0.2) is 36.5 Å². The minimum atomic E-state index is -0.529. The van der Waals surface area contributed by atoms with E-state index in [0.717, 1.165) is 41.1 Å². The lowest BCUT2D eigenvalue weighted by Crippen LogP contribution is -2.42. The molecule has 3 aromatic rings. The molecule has 1 aromatic carbocycles. The summed E-state index contributed by atoms with van der Waals surface area (Å²) in [5.41, 5.74) is 1.29. The van der Waals surface area contributed by atoms with E-state index >= 15 is 0 Å². The van der Waals surface area contributed by atoms with Gasteiger partial charge in [0.1, 0.15) is 11.4 Å². The first-order chi connectivity index (χ1) is 15.7. The third-order valence-electron chi connectivity index (χ3n) is 5.75. The van der Waals surface area contributed by atoms with Gasteiger partial charge in [-0.3, -0.25) is 0 Å². The zero-order valence-corrected chi connectivity index (χ0v) is 20.5. The summed E-state index contributed by atoms with van der Waals surface area (Å²) in [5, 5.41) is 6.34. The number of hydrogen-bond donors (Lipinski definition) is 0. The summed E-state index contributed by atoms with van der Waals surface area (Å²) in [6.45, 7) is 7.58. The number of ether oxygens (including phenoxy) is 2. The van der Waals surface area contributed by atoms with Crippen molar-refractivity contribution in [3.8, 4) is 5.75 Å². The number of carbonyl (C=O) groups is 1. The third kappa shape index (κ3) is 5.00. The number of aromatic nitrogens is 3. The molecular formula is C24H30ClN5O3. The van der Waals surface area contributed by atoms with Crippen molar-refractivity contribution >= 4 is 34.5 Å². The largest absolute Gasteiger partial charge is 0.497 e. The molecule has 176 valence electrons. The van der Waals surface area contributed by atoms with Crippen molar-refractivity contribution in [2.75, 3.05) is 32.1 Å². The molecule has 1 fully saturated rings. The number of amides is 1. The van der Waals surface area contributed by atoms with E-state index < -0.39 is 5.60 Å². The molecule has 8 nitrogen and oxygen atoms in total. The van der Waals surface area contributed by atoms with Crippen LogP contribution < -0.4 is 9.64 Å². The highest BCUT2D eigenvalue weighted by molar-refractivity contribution is 6.36. The van der Waals surface area contributed by atoms with Gasteiger partial charge >= 0.3 is 6.09 Å². The maximum atomic E-state index is 12.5. The van der Waals surface area contributed by atoms with Crippen LogP contribution in [-0.2, 0) is 11.3 Å². The Morgan fingerprint density at radius 2 is 1.97 bits per heavy atom. The topological polar surface area (TPSA) is 72.7 Å². The van der Waals surface area contributed by atoms with Crippen molar-refractivity contribution in [1.82, 2.24) is 19.7 Å². The number of halogens is 1. The molecule has 1 aliphatic heterocycles. The van der Waals surface area contributed by atoms with E-state index in [1.54, 1.807) is 31.3 Å². The van der Waals surface area contributed by atoms with Gasteiger partial charge in [-0.1, -0.05) is 23.7 Å². The lowest BCUT2D eigenvalue weighted by atomic mass is 10.2. The van der Waals surface area contributed by atoms with Gasteiger partial charge in [0.15, 0.2) is 11.5 Å². The van der Waals surface area contributed by atoms with Crippen LogP contribution in [-0.4, -0.2) is 64.6 Å². The molecule has 0 N–H and O–H groups in total. The number of pyridine rings is 1. The highest BCUT2D eigenvalue weighted by Crippen LogP contribution is 2.34. The zero-order valence-electron chi connectivity index (χ0n) is 19.7.